The smallest absolute Gasteiger partial charge is 0.261 e. The van der Waals surface area contributed by atoms with Crippen molar-refractivity contribution in [2.45, 2.75) is 13.1 Å². The Morgan fingerprint density at radius 1 is 0.857 bits per heavy atom. The van der Waals surface area contributed by atoms with E-state index in [1.54, 1.807) is 60.9 Å². The van der Waals surface area contributed by atoms with Gasteiger partial charge in [0.25, 0.3) is 17.7 Å². The van der Waals surface area contributed by atoms with Crippen molar-refractivity contribution in [2.24, 2.45) is 0 Å². The maximum absolute atomic E-state index is 12.5. The highest BCUT2D eigenvalue weighted by Crippen LogP contribution is 2.24. The van der Waals surface area contributed by atoms with Crippen molar-refractivity contribution in [3.05, 3.63) is 101 Å². The summed E-state index contributed by atoms with van der Waals surface area (Å²) >= 11 is 0. The van der Waals surface area contributed by atoms with Crippen LogP contribution in [0.25, 0.3) is 0 Å². The quantitative estimate of drug-likeness (QED) is 0.700. The molecule has 28 heavy (non-hydrogen) atoms. The molecular formula is C22H17N3O3. The highest BCUT2D eigenvalue weighted by atomic mass is 16.2. The molecule has 1 aliphatic heterocycles. The number of fused-ring (bicyclic) bond motifs is 1. The monoisotopic (exact) mass is 371 g/mol. The number of imide groups is 1. The molecule has 0 spiro atoms. The lowest BCUT2D eigenvalue weighted by Crippen LogP contribution is -2.29. The van der Waals surface area contributed by atoms with Crippen molar-refractivity contribution in [2.75, 3.05) is 0 Å². The molecule has 0 saturated carbocycles. The molecule has 0 atom stereocenters. The first-order chi connectivity index (χ1) is 13.6. The topological polar surface area (TPSA) is 79.4 Å². The second kappa shape index (κ2) is 7.44. The molecule has 1 aromatic heterocycles. The molecule has 1 N–H and O–H groups in total. The van der Waals surface area contributed by atoms with E-state index < -0.39 is 0 Å². The highest BCUT2D eigenvalue weighted by Gasteiger charge is 2.34. The zero-order valence-electron chi connectivity index (χ0n) is 15.0. The summed E-state index contributed by atoms with van der Waals surface area (Å²) in [7, 11) is 0. The molecule has 6 nitrogen and oxygen atoms in total. The summed E-state index contributed by atoms with van der Waals surface area (Å²) < 4.78 is 0. The van der Waals surface area contributed by atoms with Gasteiger partial charge in [-0.3, -0.25) is 24.3 Å². The van der Waals surface area contributed by atoms with Gasteiger partial charge in [0, 0.05) is 24.5 Å². The number of rotatable bonds is 5. The van der Waals surface area contributed by atoms with Crippen LogP contribution in [0, 0.1) is 0 Å². The molecule has 0 saturated heterocycles. The van der Waals surface area contributed by atoms with Crippen molar-refractivity contribution < 1.29 is 14.4 Å². The molecule has 0 bridgehead atoms. The van der Waals surface area contributed by atoms with Crippen LogP contribution in [0.5, 0.6) is 0 Å². The van der Waals surface area contributed by atoms with Gasteiger partial charge >= 0.3 is 0 Å². The van der Waals surface area contributed by atoms with E-state index >= 15 is 0 Å². The van der Waals surface area contributed by atoms with Crippen molar-refractivity contribution in [3.63, 3.8) is 0 Å². The average Bonchev–Trinajstić information content (AvgIpc) is 2.98. The molecule has 1 aliphatic rings. The Morgan fingerprint density at radius 2 is 1.54 bits per heavy atom. The number of carbonyl (C=O) groups excluding carboxylic acids is 3. The first kappa shape index (κ1) is 17.6. The number of hydrogen-bond donors (Lipinski definition) is 1. The lowest BCUT2D eigenvalue weighted by Gasteiger charge is -2.14. The van der Waals surface area contributed by atoms with E-state index in [1.807, 2.05) is 12.1 Å². The van der Waals surface area contributed by atoms with Crippen LogP contribution in [-0.4, -0.2) is 27.6 Å². The molecule has 2 heterocycles. The van der Waals surface area contributed by atoms with Gasteiger partial charge in [-0.15, -0.1) is 0 Å². The van der Waals surface area contributed by atoms with Gasteiger partial charge in [0.2, 0.25) is 0 Å². The number of carbonyl (C=O) groups is 3. The standard InChI is InChI=1S/C22H17N3O3/c26-20(24-13-15-8-10-23-11-9-15)17-5-3-4-16(12-17)14-25-21(27)18-6-1-2-7-19(18)22(25)28/h1-12H,13-14H2,(H,24,26). The Labute approximate surface area is 161 Å². The Bertz CT molecular complexity index is 1030. The van der Waals surface area contributed by atoms with E-state index in [4.69, 9.17) is 0 Å². The molecular weight excluding hydrogens is 354 g/mol. The minimum absolute atomic E-state index is 0.123. The fraction of sp³-hybridized carbons (Fsp3) is 0.0909. The third-order valence-electron chi connectivity index (χ3n) is 4.61. The average molecular weight is 371 g/mol. The van der Waals surface area contributed by atoms with Crippen LogP contribution in [0.15, 0.2) is 73.1 Å². The maximum Gasteiger partial charge on any atom is 0.261 e. The zero-order valence-corrected chi connectivity index (χ0v) is 15.0. The summed E-state index contributed by atoms with van der Waals surface area (Å²) in [5.41, 5.74) is 2.97. The zero-order chi connectivity index (χ0) is 19.5. The Morgan fingerprint density at radius 3 is 2.21 bits per heavy atom. The van der Waals surface area contributed by atoms with Crippen LogP contribution in [-0.2, 0) is 13.1 Å². The van der Waals surface area contributed by atoms with E-state index in [0.717, 1.165) is 5.56 Å². The van der Waals surface area contributed by atoms with E-state index in [-0.39, 0.29) is 24.3 Å². The van der Waals surface area contributed by atoms with E-state index in [0.29, 0.717) is 28.8 Å². The van der Waals surface area contributed by atoms with Crippen LogP contribution in [0.3, 0.4) is 0 Å². The van der Waals surface area contributed by atoms with Crippen LogP contribution >= 0.6 is 0 Å². The number of nitrogens with zero attached hydrogens (tertiary/aromatic N) is 2. The number of nitrogens with one attached hydrogen (secondary N) is 1. The van der Waals surface area contributed by atoms with Gasteiger partial charge in [0.15, 0.2) is 0 Å². The molecule has 2 aromatic carbocycles. The summed E-state index contributed by atoms with van der Waals surface area (Å²) in [6.07, 6.45) is 3.34. The van der Waals surface area contributed by atoms with E-state index in [1.165, 1.54) is 4.90 Å². The van der Waals surface area contributed by atoms with Crippen molar-refractivity contribution >= 4 is 17.7 Å². The van der Waals surface area contributed by atoms with Crippen molar-refractivity contribution in [3.8, 4) is 0 Å². The van der Waals surface area contributed by atoms with Gasteiger partial charge < -0.3 is 5.32 Å². The second-order valence-corrected chi connectivity index (χ2v) is 6.48. The van der Waals surface area contributed by atoms with E-state index in [9.17, 15) is 14.4 Å². The van der Waals surface area contributed by atoms with Crippen LogP contribution in [0.2, 0.25) is 0 Å². The SMILES string of the molecule is O=C(NCc1ccncc1)c1cccc(CN2C(=O)c3ccccc3C2=O)c1. The van der Waals surface area contributed by atoms with Gasteiger partial charge in [0.1, 0.15) is 0 Å². The molecule has 6 heteroatoms. The number of benzene rings is 2. The summed E-state index contributed by atoms with van der Waals surface area (Å²) in [4.78, 5) is 42.6. The Hall–Kier alpha value is -3.80. The first-order valence-electron chi connectivity index (χ1n) is 8.85. The molecule has 138 valence electrons. The third kappa shape index (κ3) is 3.40. The summed E-state index contributed by atoms with van der Waals surface area (Å²) in [6, 6.07) is 17.4. The van der Waals surface area contributed by atoms with Gasteiger partial charge in [-0.25, -0.2) is 0 Å². The first-order valence-corrected chi connectivity index (χ1v) is 8.85. The molecule has 0 radical (unpaired) electrons. The van der Waals surface area contributed by atoms with Gasteiger partial charge in [-0.05, 0) is 47.5 Å². The summed E-state index contributed by atoms with van der Waals surface area (Å²) in [5, 5.41) is 2.85. The number of hydrogen-bond acceptors (Lipinski definition) is 4. The molecule has 0 aliphatic carbocycles. The van der Waals surface area contributed by atoms with Crippen molar-refractivity contribution in [1.29, 1.82) is 0 Å². The minimum atomic E-state index is -0.312. The summed E-state index contributed by atoms with van der Waals surface area (Å²) in [6.45, 7) is 0.516. The third-order valence-corrected chi connectivity index (χ3v) is 4.61. The van der Waals surface area contributed by atoms with Crippen LogP contribution in [0.1, 0.15) is 42.2 Å². The highest BCUT2D eigenvalue weighted by molar-refractivity contribution is 6.21. The number of aromatic nitrogens is 1. The largest absolute Gasteiger partial charge is 0.348 e. The molecule has 0 fully saturated rings. The lowest BCUT2D eigenvalue weighted by atomic mass is 10.1. The predicted molar refractivity (Wildman–Crippen MR) is 102 cm³/mol. The molecule has 3 aromatic rings. The van der Waals surface area contributed by atoms with Gasteiger partial charge in [-0.1, -0.05) is 24.3 Å². The van der Waals surface area contributed by atoms with Crippen LogP contribution < -0.4 is 5.32 Å². The molecule has 0 unspecified atom stereocenters. The summed E-state index contributed by atoms with van der Waals surface area (Å²) in [5.74, 6) is -0.845. The van der Waals surface area contributed by atoms with E-state index in [2.05, 4.69) is 10.3 Å². The Balaban J connectivity index is 1.46. The predicted octanol–water partition coefficient (Wildman–Crippen LogP) is 2.81. The molecule has 4 rings (SSSR count). The minimum Gasteiger partial charge on any atom is -0.348 e. The number of amides is 3. The van der Waals surface area contributed by atoms with Crippen molar-refractivity contribution in [1.82, 2.24) is 15.2 Å². The maximum atomic E-state index is 12.5. The van der Waals surface area contributed by atoms with Crippen LogP contribution in [0.4, 0.5) is 0 Å². The fourth-order valence-electron chi connectivity index (χ4n) is 3.16. The number of pyridine rings is 1. The Kier molecular flexibility index (Phi) is 4.68. The van der Waals surface area contributed by atoms with Gasteiger partial charge in [-0.2, -0.15) is 0 Å². The molecule has 3 amide bonds. The second-order valence-electron chi connectivity index (χ2n) is 6.48. The normalized spacial score (nSPS) is 12.8. The van der Waals surface area contributed by atoms with Gasteiger partial charge in [0.05, 0.1) is 17.7 Å². The fourth-order valence-corrected chi connectivity index (χ4v) is 3.16. The lowest BCUT2D eigenvalue weighted by molar-refractivity contribution is 0.0642.